The van der Waals surface area contributed by atoms with Crippen molar-refractivity contribution in [1.29, 1.82) is 0 Å². The number of fused-ring (bicyclic) bond motifs is 2. The number of rotatable bonds is 1. The molecule has 0 aliphatic rings. The van der Waals surface area contributed by atoms with E-state index in [2.05, 4.69) is 5.10 Å². The highest BCUT2D eigenvalue weighted by atomic mass is 16.3. The standard InChI is InChI=1S/C16H15N3O2/c1-8-4-10-6-13-11(5-9(2)20-13)14(15(10)21-8)12-7-18-19(3)16(12)17/h4-7H,17H2,1-3H3. The molecule has 21 heavy (non-hydrogen) atoms. The van der Waals surface area contributed by atoms with Crippen LogP contribution in [0.1, 0.15) is 11.5 Å². The normalized spacial score (nSPS) is 11.8. The molecule has 0 aliphatic carbocycles. The van der Waals surface area contributed by atoms with E-state index in [-0.39, 0.29) is 0 Å². The maximum Gasteiger partial charge on any atom is 0.143 e. The molecule has 0 aliphatic heterocycles. The highest BCUT2D eigenvalue weighted by molar-refractivity contribution is 6.10. The van der Waals surface area contributed by atoms with Gasteiger partial charge in [-0.15, -0.1) is 0 Å². The molecule has 2 N–H and O–H groups in total. The molecule has 5 heteroatoms. The van der Waals surface area contributed by atoms with Gasteiger partial charge < -0.3 is 14.6 Å². The predicted molar refractivity (Wildman–Crippen MR) is 82.1 cm³/mol. The highest BCUT2D eigenvalue weighted by Gasteiger charge is 2.19. The second-order valence-corrected chi connectivity index (χ2v) is 5.36. The van der Waals surface area contributed by atoms with E-state index in [1.807, 2.05) is 39.1 Å². The van der Waals surface area contributed by atoms with Crippen molar-refractivity contribution in [3.63, 3.8) is 0 Å². The van der Waals surface area contributed by atoms with E-state index in [0.717, 1.165) is 44.6 Å². The quantitative estimate of drug-likeness (QED) is 0.576. The van der Waals surface area contributed by atoms with Crippen LogP contribution in [0.3, 0.4) is 0 Å². The molecule has 0 radical (unpaired) electrons. The Morgan fingerprint density at radius 2 is 1.86 bits per heavy atom. The van der Waals surface area contributed by atoms with Crippen LogP contribution in [-0.2, 0) is 7.05 Å². The maximum atomic E-state index is 6.16. The molecule has 3 heterocycles. The van der Waals surface area contributed by atoms with Gasteiger partial charge in [0.25, 0.3) is 0 Å². The monoisotopic (exact) mass is 281 g/mol. The molecule has 0 saturated heterocycles. The fourth-order valence-corrected chi connectivity index (χ4v) is 2.84. The van der Waals surface area contributed by atoms with E-state index < -0.39 is 0 Å². The third kappa shape index (κ3) is 1.60. The van der Waals surface area contributed by atoms with E-state index in [1.54, 1.807) is 10.9 Å². The molecule has 1 aromatic carbocycles. The molecule has 0 atom stereocenters. The third-order valence-corrected chi connectivity index (χ3v) is 3.80. The number of nitrogen functional groups attached to an aromatic ring is 1. The van der Waals surface area contributed by atoms with Gasteiger partial charge in [-0.1, -0.05) is 0 Å². The van der Waals surface area contributed by atoms with Crippen molar-refractivity contribution < 1.29 is 8.83 Å². The Morgan fingerprint density at radius 1 is 1.10 bits per heavy atom. The second kappa shape index (κ2) is 3.91. The predicted octanol–water partition coefficient (Wildman–Crippen LogP) is 3.78. The van der Waals surface area contributed by atoms with Crippen molar-refractivity contribution in [3.05, 3.63) is 35.9 Å². The summed E-state index contributed by atoms with van der Waals surface area (Å²) < 4.78 is 13.3. The van der Waals surface area contributed by atoms with Gasteiger partial charge in [0.2, 0.25) is 0 Å². The number of nitrogens with zero attached hydrogens (tertiary/aromatic N) is 2. The van der Waals surface area contributed by atoms with Crippen LogP contribution in [0.5, 0.6) is 0 Å². The molecular formula is C16H15N3O2. The van der Waals surface area contributed by atoms with Crippen LogP contribution in [-0.4, -0.2) is 9.78 Å². The minimum atomic E-state index is 0.608. The Bertz CT molecular complexity index is 933. The third-order valence-electron chi connectivity index (χ3n) is 3.80. The van der Waals surface area contributed by atoms with Gasteiger partial charge in [0.15, 0.2) is 0 Å². The van der Waals surface area contributed by atoms with Crippen LogP contribution in [0, 0.1) is 13.8 Å². The van der Waals surface area contributed by atoms with E-state index in [0.29, 0.717) is 5.82 Å². The first-order chi connectivity index (χ1) is 10.0. The molecule has 0 fully saturated rings. The number of hydrogen-bond acceptors (Lipinski definition) is 4. The number of aryl methyl sites for hydroxylation is 3. The van der Waals surface area contributed by atoms with E-state index in [9.17, 15) is 0 Å². The van der Waals surface area contributed by atoms with Gasteiger partial charge in [-0.25, -0.2) is 0 Å². The zero-order valence-corrected chi connectivity index (χ0v) is 12.1. The molecule has 106 valence electrons. The Labute approximate surface area is 120 Å². The Hall–Kier alpha value is -2.69. The Morgan fingerprint density at radius 3 is 2.57 bits per heavy atom. The first-order valence-electron chi connectivity index (χ1n) is 6.75. The van der Waals surface area contributed by atoms with Crippen molar-refractivity contribution >= 4 is 27.8 Å². The lowest BCUT2D eigenvalue weighted by Gasteiger charge is -2.04. The highest BCUT2D eigenvalue weighted by Crippen LogP contribution is 2.40. The molecule has 0 bridgehead atoms. The van der Waals surface area contributed by atoms with Crippen LogP contribution < -0.4 is 5.73 Å². The van der Waals surface area contributed by atoms with Crippen molar-refractivity contribution in [3.8, 4) is 11.1 Å². The summed E-state index contributed by atoms with van der Waals surface area (Å²) in [7, 11) is 1.82. The second-order valence-electron chi connectivity index (χ2n) is 5.36. The van der Waals surface area contributed by atoms with Gasteiger partial charge in [0.05, 0.1) is 6.20 Å². The lowest BCUT2D eigenvalue weighted by molar-refractivity contribution is 0.576. The van der Waals surface area contributed by atoms with Crippen LogP contribution in [0.4, 0.5) is 5.82 Å². The van der Waals surface area contributed by atoms with Crippen LogP contribution in [0.2, 0.25) is 0 Å². The van der Waals surface area contributed by atoms with Gasteiger partial charge in [0, 0.05) is 28.9 Å². The fourth-order valence-electron chi connectivity index (χ4n) is 2.84. The first-order valence-corrected chi connectivity index (χ1v) is 6.75. The summed E-state index contributed by atoms with van der Waals surface area (Å²) in [6.45, 7) is 3.87. The smallest absolute Gasteiger partial charge is 0.143 e. The molecule has 4 aromatic rings. The summed E-state index contributed by atoms with van der Waals surface area (Å²) in [6.07, 6.45) is 1.77. The zero-order valence-electron chi connectivity index (χ0n) is 12.1. The number of benzene rings is 1. The Balaban J connectivity index is 2.23. The van der Waals surface area contributed by atoms with Gasteiger partial charge >= 0.3 is 0 Å². The number of aromatic nitrogens is 2. The number of nitrogens with two attached hydrogens (primary N) is 1. The van der Waals surface area contributed by atoms with Crippen molar-refractivity contribution in [1.82, 2.24) is 9.78 Å². The van der Waals surface area contributed by atoms with Gasteiger partial charge in [-0.05, 0) is 32.0 Å². The molecule has 3 aromatic heterocycles. The van der Waals surface area contributed by atoms with Crippen molar-refractivity contribution in [2.75, 3.05) is 5.73 Å². The van der Waals surface area contributed by atoms with Crippen LogP contribution in [0.25, 0.3) is 33.1 Å². The lowest BCUT2D eigenvalue weighted by atomic mass is 10.0. The molecule has 5 nitrogen and oxygen atoms in total. The largest absolute Gasteiger partial charge is 0.461 e. The summed E-state index contributed by atoms with van der Waals surface area (Å²) in [4.78, 5) is 0. The fraction of sp³-hybridized carbons (Fsp3) is 0.188. The number of hydrogen-bond donors (Lipinski definition) is 1. The van der Waals surface area contributed by atoms with Crippen LogP contribution >= 0.6 is 0 Å². The summed E-state index contributed by atoms with van der Waals surface area (Å²) >= 11 is 0. The average molecular weight is 281 g/mol. The van der Waals surface area contributed by atoms with Gasteiger partial charge in [0.1, 0.15) is 28.5 Å². The van der Waals surface area contributed by atoms with Gasteiger partial charge in [-0.2, -0.15) is 5.10 Å². The molecule has 0 saturated carbocycles. The molecule has 0 amide bonds. The molecular weight excluding hydrogens is 266 g/mol. The van der Waals surface area contributed by atoms with E-state index in [4.69, 9.17) is 14.6 Å². The van der Waals surface area contributed by atoms with Crippen LogP contribution in [0.15, 0.2) is 33.2 Å². The first kappa shape index (κ1) is 12.1. The Kier molecular flexibility index (Phi) is 2.25. The molecule has 4 rings (SSSR count). The minimum absolute atomic E-state index is 0.608. The topological polar surface area (TPSA) is 70.1 Å². The lowest BCUT2D eigenvalue weighted by Crippen LogP contribution is -1.98. The van der Waals surface area contributed by atoms with Crippen molar-refractivity contribution in [2.24, 2.45) is 7.05 Å². The summed E-state index contributed by atoms with van der Waals surface area (Å²) in [6, 6.07) is 6.02. The number of anilines is 1. The molecule has 0 spiro atoms. The zero-order chi connectivity index (χ0) is 14.7. The summed E-state index contributed by atoms with van der Waals surface area (Å²) in [5, 5.41) is 6.24. The number of furan rings is 2. The summed E-state index contributed by atoms with van der Waals surface area (Å²) in [5.74, 6) is 2.33. The SMILES string of the molecule is Cc1cc2c(-c3cnn(C)c3N)c3oc(C)cc3cc2o1. The average Bonchev–Trinajstić information content (AvgIpc) is 3.06. The minimum Gasteiger partial charge on any atom is -0.461 e. The summed E-state index contributed by atoms with van der Waals surface area (Å²) in [5.41, 5.74) is 9.62. The van der Waals surface area contributed by atoms with Crippen molar-refractivity contribution in [2.45, 2.75) is 13.8 Å². The molecule has 0 unspecified atom stereocenters. The van der Waals surface area contributed by atoms with E-state index >= 15 is 0 Å². The maximum absolute atomic E-state index is 6.16. The van der Waals surface area contributed by atoms with Gasteiger partial charge in [-0.3, -0.25) is 4.68 Å². The van der Waals surface area contributed by atoms with E-state index in [1.165, 1.54) is 0 Å².